The zero-order chi connectivity index (χ0) is 14.6. The minimum absolute atomic E-state index is 0.661. The molecule has 0 fully saturated rings. The largest absolute Gasteiger partial charge is 0.299 e. The predicted octanol–water partition coefficient (Wildman–Crippen LogP) is 4.17. The van der Waals surface area contributed by atoms with Gasteiger partial charge in [0, 0.05) is 27.8 Å². The van der Waals surface area contributed by atoms with E-state index in [-0.39, 0.29) is 0 Å². The number of hydrogen-bond acceptors (Lipinski definition) is 2. The Bertz CT molecular complexity index is 981. The van der Waals surface area contributed by atoms with Gasteiger partial charge in [0.05, 0.1) is 16.7 Å². The molecule has 104 valence electrons. The Morgan fingerprint density at radius 3 is 2.81 bits per heavy atom. The number of halogens is 1. The first-order chi connectivity index (χ1) is 10.1. The number of nitrogens with one attached hydrogen (secondary N) is 1. The van der Waals surface area contributed by atoms with E-state index in [1.54, 1.807) is 6.20 Å². The van der Waals surface area contributed by atoms with E-state index in [2.05, 4.69) is 44.9 Å². The van der Waals surface area contributed by atoms with Crippen molar-refractivity contribution >= 4 is 33.5 Å². The van der Waals surface area contributed by atoms with Crippen LogP contribution in [0.15, 0.2) is 36.5 Å². The molecule has 0 amide bonds. The lowest BCUT2D eigenvalue weighted by atomic mass is 10.2. The topological polar surface area (TPSA) is 46.5 Å². The van der Waals surface area contributed by atoms with Gasteiger partial charge in [-0.15, -0.1) is 0 Å². The number of rotatable bonds is 1. The summed E-state index contributed by atoms with van der Waals surface area (Å²) in [5.74, 6) is 0. The van der Waals surface area contributed by atoms with Crippen LogP contribution in [0, 0.1) is 13.8 Å². The van der Waals surface area contributed by atoms with Crippen LogP contribution in [-0.4, -0.2) is 19.7 Å². The van der Waals surface area contributed by atoms with E-state index in [0.29, 0.717) is 5.02 Å². The number of fused-ring (bicyclic) bond motifs is 2. The SMILES string of the molecule is Cc1ccc2cc(C)n(-c3cc(Cl)c4[nH]ncc4c3)c2n1. The molecule has 0 aliphatic rings. The number of aromatic amines is 1. The van der Waals surface area contributed by atoms with Crippen LogP contribution < -0.4 is 0 Å². The van der Waals surface area contributed by atoms with Gasteiger partial charge in [0.15, 0.2) is 0 Å². The summed E-state index contributed by atoms with van der Waals surface area (Å²) in [4.78, 5) is 4.67. The lowest BCUT2D eigenvalue weighted by molar-refractivity contribution is 1.02. The maximum atomic E-state index is 6.35. The van der Waals surface area contributed by atoms with Gasteiger partial charge in [0.1, 0.15) is 5.65 Å². The van der Waals surface area contributed by atoms with Crippen LogP contribution in [0.5, 0.6) is 0 Å². The number of pyridine rings is 1. The summed E-state index contributed by atoms with van der Waals surface area (Å²) in [6, 6.07) is 10.3. The molecular weight excluding hydrogens is 284 g/mol. The lowest BCUT2D eigenvalue weighted by Gasteiger charge is -2.09. The first-order valence-electron chi connectivity index (χ1n) is 6.72. The monoisotopic (exact) mass is 296 g/mol. The van der Waals surface area contributed by atoms with Crippen LogP contribution in [-0.2, 0) is 0 Å². The molecule has 0 saturated heterocycles. The van der Waals surface area contributed by atoms with E-state index in [1.165, 1.54) is 0 Å². The van der Waals surface area contributed by atoms with Gasteiger partial charge in [-0.2, -0.15) is 5.10 Å². The fraction of sp³-hybridized carbons (Fsp3) is 0.125. The van der Waals surface area contributed by atoms with E-state index >= 15 is 0 Å². The zero-order valence-electron chi connectivity index (χ0n) is 11.7. The second-order valence-corrected chi connectivity index (χ2v) is 5.66. The second kappa shape index (κ2) is 4.33. The average molecular weight is 297 g/mol. The Hall–Kier alpha value is -2.33. The molecule has 0 spiro atoms. The molecule has 21 heavy (non-hydrogen) atoms. The smallest absolute Gasteiger partial charge is 0.144 e. The molecule has 1 N–H and O–H groups in total. The molecule has 0 aliphatic carbocycles. The van der Waals surface area contributed by atoms with Gasteiger partial charge in [-0.25, -0.2) is 4.98 Å². The lowest BCUT2D eigenvalue weighted by Crippen LogP contribution is -1.98. The van der Waals surface area contributed by atoms with E-state index in [9.17, 15) is 0 Å². The molecule has 4 aromatic rings. The molecule has 0 atom stereocenters. The number of H-pyrrole nitrogens is 1. The van der Waals surface area contributed by atoms with Crippen molar-refractivity contribution in [3.8, 4) is 5.69 Å². The summed E-state index contributed by atoms with van der Waals surface area (Å²) < 4.78 is 2.13. The van der Waals surface area contributed by atoms with E-state index in [0.717, 1.165) is 39.0 Å². The molecule has 3 heterocycles. The van der Waals surface area contributed by atoms with Gasteiger partial charge in [-0.3, -0.25) is 9.67 Å². The Morgan fingerprint density at radius 2 is 1.95 bits per heavy atom. The quantitative estimate of drug-likeness (QED) is 0.573. The standard InChI is InChI=1S/C16H13ClN4/c1-9-3-4-11-5-10(2)21(16(11)19-9)13-6-12-8-18-20-15(12)14(17)7-13/h3-8H,1-2H3,(H,18,20). The Labute approximate surface area is 126 Å². The normalized spacial score (nSPS) is 11.6. The highest BCUT2D eigenvalue weighted by Gasteiger charge is 2.12. The zero-order valence-corrected chi connectivity index (χ0v) is 12.4. The number of hydrogen-bond donors (Lipinski definition) is 1. The van der Waals surface area contributed by atoms with Gasteiger partial charge in [-0.05, 0) is 44.2 Å². The third-order valence-corrected chi connectivity index (χ3v) is 4.02. The molecule has 0 bridgehead atoms. The predicted molar refractivity (Wildman–Crippen MR) is 85.2 cm³/mol. The number of benzene rings is 1. The van der Waals surface area contributed by atoms with Crippen molar-refractivity contribution in [3.63, 3.8) is 0 Å². The first kappa shape index (κ1) is 12.4. The van der Waals surface area contributed by atoms with E-state index in [4.69, 9.17) is 11.6 Å². The first-order valence-corrected chi connectivity index (χ1v) is 7.10. The molecule has 1 aromatic carbocycles. The molecule has 0 radical (unpaired) electrons. The highest BCUT2D eigenvalue weighted by Crippen LogP contribution is 2.29. The molecule has 4 nitrogen and oxygen atoms in total. The minimum Gasteiger partial charge on any atom is -0.299 e. The van der Waals surface area contributed by atoms with Crippen molar-refractivity contribution in [1.29, 1.82) is 0 Å². The maximum absolute atomic E-state index is 6.35. The fourth-order valence-corrected chi connectivity index (χ4v) is 3.02. The molecular formula is C16H13ClN4. The van der Waals surface area contributed by atoms with Crippen molar-refractivity contribution in [3.05, 3.63) is 52.9 Å². The summed E-state index contributed by atoms with van der Waals surface area (Å²) in [7, 11) is 0. The van der Waals surface area contributed by atoms with Gasteiger partial charge < -0.3 is 0 Å². The highest BCUT2D eigenvalue weighted by molar-refractivity contribution is 6.35. The van der Waals surface area contributed by atoms with E-state index in [1.807, 2.05) is 19.1 Å². The van der Waals surface area contributed by atoms with Crippen molar-refractivity contribution in [2.75, 3.05) is 0 Å². The van der Waals surface area contributed by atoms with Crippen LogP contribution in [0.2, 0.25) is 5.02 Å². The van der Waals surface area contributed by atoms with Gasteiger partial charge in [0.2, 0.25) is 0 Å². The maximum Gasteiger partial charge on any atom is 0.144 e. The van der Waals surface area contributed by atoms with Crippen molar-refractivity contribution < 1.29 is 0 Å². The molecule has 0 saturated carbocycles. The molecule has 0 aliphatic heterocycles. The summed E-state index contributed by atoms with van der Waals surface area (Å²) >= 11 is 6.35. The second-order valence-electron chi connectivity index (χ2n) is 5.25. The molecule has 0 unspecified atom stereocenters. The Balaban J connectivity index is 2.07. The Kier molecular flexibility index (Phi) is 2.56. The third-order valence-electron chi connectivity index (χ3n) is 3.72. The van der Waals surface area contributed by atoms with Crippen molar-refractivity contribution in [2.45, 2.75) is 13.8 Å². The van der Waals surface area contributed by atoms with Crippen LogP contribution in [0.25, 0.3) is 27.6 Å². The number of aromatic nitrogens is 4. The third kappa shape index (κ3) is 1.83. The van der Waals surface area contributed by atoms with Crippen LogP contribution >= 0.6 is 11.6 Å². The summed E-state index contributed by atoms with van der Waals surface area (Å²) in [5, 5.41) is 9.74. The van der Waals surface area contributed by atoms with Crippen LogP contribution in [0.1, 0.15) is 11.4 Å². The average Bonchev–Trinajstić information content (AvgIpc) is 3.02. The minimum atomic E-state index is 0.661. The number of aryl methyl sites for hydroxylation is 2. The number of nitrogens with zero attached hydrogens (tertiary/aromatic N) is 3. The molecule has 4 rings (SSSR count). The Morgan fingerprint density at radius 1 is 1.10 bits per heavy atom. The summed E-state index contributed by atoms with van der Waals surface area (Å²) in [6.07, 6.45) is 1.78. The molecule has 5 heteroatoms. The summed E-state index contributed by atoms with van der Waals surface area (Å²) in [5.41, 5.74) is 4.93. The van der Waals surface area contributed by atoms with Gasteiger partial charge >= 0.3 is 0 Å². The highest BCUT2D eigenvalue weighted by atomic mass is 35.5. The molecule has 3 aromatic heterocycles. The van der Waals surface area contributed by atoms with Crippen molar-refractivity contribution in [2.24, 2.45) is 0 Å². The van der Waals surface area contributed by atoms with Crippen LogP contribution in [0.4, 0.5) is 0 Å². The van der Waals surface area contributed by atoms with Gasteiger partial charge in [-0.1, -0.05) is 11.6 Å². The van der Waals surface area contributed by atoms with Gasteiger partial charge in [0.25, 0.3) is 0 Å². The van der Waals surface area contributed by atoms with Crippen molar-refractivity contribution in [1.82, 2.24) is 19.7 Å². The fourth-order valence-electron chi connectivity index (χ4n) is 2.76. The van der Waals surface area contributed by atoms with Crippen LogP contribution in [0.3, 0.4) is 0 Å². The summed E-state index contributed by atoms with van der Waals surface area (Å²) in [6.45, 7) is 4.07. The van der Waals surface area contributed by atoms with E-state index < -0.39 is 0 Å².